The number of hydrogen-bond donors (Lipinski definition) is 1. The van der Waals surface area contributed by atoms with Gasteiger partial charge in [0.25, 0.3) is 0 Å². The molecule has 1 aromatic rings. The molecule has 5 heteroatoms. The Morgan fingerprint density at radius 3 is 2.70 bits per heavy atom. The van der Waals surface area contributed by atoms with E-state index in [2.05, 4.69) is 42.3 Å². The van der Waals surface area contributed by atoms with Gasteiger partial charge in [-0.3, -0.25) is 0 Å². The zero-order valence-corrected chi connectivity index (χ0v) is 14.3. The van der Waals surface area contributed by atoms with Gasteiger partial charge in [-0.05, 0) is 25.5 Å². The van der Waals surface area contributed by atoms with Gasteiger partial charge in [0.1, 0.15) is 16.8 Å². The molecule has 20 heavy (non-hydrogen) atoms. The Morgan fingerprint density at radius 1 is 1.30 bits per heavy atom. The van der Waals surface area contributed by atoms with Crippen molar-refractivity contribution in [2.24, 2.45) is 0 Å². The van der Waals surface area contributed by atoms with Crippen molar-refractivity contribution >= 4 is 29.2 Å². The van der Waals surface area contributed by atoms with E-state index in [-0.39, 0.29) is 5.41 Å². The Kier molecular flexibility index (Phi) is 5.19. The maximum Gasteiger partial charge on any atom is 0.137 e. The van der Waals surface area contributed by atoms with Gasteiger partial charge < -0.3 is 5.32 Å². The van der Waals surface area contributed by atoms with Crippen LogP contribution in [0.5, 0.6) is 0 Å². The summed E-state index contributed by atoms with van der Waals surface area (Å²) < 4.78 is 0. The van der Waals surface area contributed by atoms with E-state index in [1.54, 1.807) is 0 Å². The number of rotatable bonds is 3. The first-order valence-corrected chi connectivity index (χ1v) is 8.89. The Hall–Kier alpha value is -0.480. The first kappa shape index (κ1) is 15.9. The summed E-state index contributed by atoms with van der Waals surface area (Å²) in [5.74, 6) is 1.66. The van der Waals surface area contributed by atoms with Gasteiger partial charge in [-0.2, -0.15) is 11.8 Å². The Labute approximate surface area is 131 Å². The van der Waals surface area contributed by atoms with E-state index in [0.717, 1.165) is 16.9 Å². The second kappa shape index (κ2) is 6.52. The lowest BCUT2D eigenvalue weighted by Gasteiger charge is -2.29. The van der Waals surface area contributed by atoms with Crippen molar-refractivity contribution in [1.82, 2.24) is 9.97 Å². The summed E-state index contributed by atoms with van der Waals surface area (Å²) in [6, 6.07) is 2.33. The molecule has 0 saturated heterocycles. The molecule has 1 heterocycles. The molecule has 1 N–H and O–H groups in total. The lowest BCUT2D eigenvalue weighted by atomic mass is 9.94. The quantitative estimate of drug-likeness (QED) is 0.833. The van der Waals surface area contributed by atoms with Crippen molar-refractivity contribution in [2.45, 2.75) is 63.2 Å². The first-order chi connectivity index (χ1) is 9.38. The van der Waals surface area contributed by atoms with Crippen LogP contribution in [0, 0.1) is 0 Å². The molecule has 2 atom stereocenters. The molecule has 0 radical (unpaired) electrons. The number of hydrogen-bond acceptors (Lipinski definition) is 4. The van der Waals surface area contributed by atoms with E-state index >= 15 is 0 Å². The molecule has 2 unspecified atom stereocenters. The molecule has 2 rings (SSSR count). The van der Waals surface area contributed by atoms with Gasteiger partial charge in [0.15, 0.2) is 0 Å². The van der Waals surface area contributed by atoms with Crippen LogP contribution in [0.15, 0.2) is 6.07 Å². The summed E-state index contributed by atoms with van der Waals surface area (Å²) >= 11 is 8.11. The number of halogens is 1. The first-order valence-electron chi connectivity index (χ1n) is 7.23. The lowest BCUT2D eigenvalue weighted by Crippen LogP contribution is -2.29. The van der Waals surface area contributed by atoms with Gasteiger partial charge in [0.05, 0.1) is 0 Å². The molecule has 3 nitrogen and oxygen atoms in total. The third-order valence-electron chi connectivity index (χ3n) is 3.68. The average Bonchev–Trinajstić information content (AvgIpc) is 2.37. The molecule has 0 aliphatic heterocycles. The average molecular weight is 314 g/mol. The van der Waals surface area contributed by atoms with Crippen LogP contribution < -0.4 is 5.32 Å². The van der Waals surface area contributed by atoms with Gasteiger partial charge >= 0.3 is 0 Å². The smallest absolute Gasteiger partial charge is 0.137 e. The minimum absolute atomic E-state index is 0.0876. The predicted molar refractivity (Wildman–Crippen MR) is 88.9 cm³/mol. The van der Waals surface area contributed by atoms with Crippen LogP contribution in [-0.2, 0) is 5.41 Å². The molecule has 1 aromatic heterocycles. The number of thioether (sulfide) groups is 1. The summed E-state index contributed by atoms with van der Waals surface area (Å²) in [5.41, 5.74) is -0.0876. The van der Waals surface area contributed by atoms with E-state index in [4.69, 9.17) is 11.6 Å². The molecule has 1 fully saturated rings. The Bertz CT molecular complexity index is 459. The highest BCUT2D eigenvalue weighted by atomic mass is 35.5. The van der Waals surface area contributed by atoms with E-state index in [0.29, 0.717) is 11.2 Å². The number of nitrogens with one attached hydrogen (secondary N) is 1. The molecule has 0 bridgehead atoms. The molecule has 112 valence electrons. The molecule has 1 aliphatic carbocycles. The number of nitrogens with zero attached hydrogens (tertiary/aromatic N) is 2. The van der Waals surface area contributed by atoms with Crippen LogP contribution in [0.25, 0.3) is 0 Å². The second-order valence-electron chi connectivity index (χ2n) is 6.52. The summed E-state index contributed by atoms with van der Waals surface area (Å²) in [4.78, 5) is 8.98. The highest BCUT2D eigenvalue weighted by molar-refractivity contribution is 7.99. The van der Waals surface area contributed by atoms with Crippen LogP contribution in [0.2, 0.25) is 5.15 Å². The topological polar surface area (TPSA) is 37.8 Å². The lowest BCUT2D eigenvalue weighted by molar-refractivity contribution is 0.471. The minimum Gasteiger partial charge on any atom is -0.367 e. The van der Waals surface area contributed by atoms with Crippen LogP contribution in [0.3, 0.4) is 0 Å². The number of anilines is 1. The molecule has 0 amide bonds. The van der Waals surface area contributed by atoms with Crippen LogP contribution in [0.4, 0.5) is 5.82 Å². The molecule has 0 aromatic carbocycles. The van der Waals surface area contributed by atoms with E-state index in [1.807, 2.05) is 17.8 Å². The van der Waals surface area contributed by atoms with Crippen molar-refractivity contribution in [3.63, 3.8) is 0 Å². The summed E-state index contributed by atoms with van der Waals surface area (Å²) in [6.45, 7) is 6.31. The molecule has 1 aliphatic rings. The monoisotopic (exact) mass is 313 g/mol. The fourth-order valence-electron chi connectivity index (χ4n) is 2.53. The maximum absolute atomic E-state index is 6.13. The summed E-state index contributed by atoms with van der Waals surface area (Å²) in [7, 11) is 0. The van der Waals surface area contributed by atoms with Crippen molar-refractivity contribution in [3.05, 3.63) is 17.0 Å². The molecular weight excluding hydrogens is 290 g/mol. The van der Waals surface area contributed by atoms with Crippen LogP contribution in [-0.4, -0.2) is 27.5 Å². The number of aromatic nitrogens is 2. The fraction of sp³-hybridized carbons (Fsp3) is 0.733. The van der Waals surface area contributed by atoms with Crippen LogP contribution in [0.1, 0.15) is 52.3 Å². The fourth-order valence-corrected chi connectivity index (χ4v) is 3.54. The van der Waals surface area contributed by atoms with E-state index in [9.17, 15) is 0 Å². The largest absolute Gasteiger partial charge is 0.367 e. The van der Waals surface area contributed by atoms with E-state index < -0.39 is 0 Å². The van der Waals surface area contributed by atoms with Gasteiger partial charge in [-0.25, -0.2) is 9.97 Å². The Morgan fingerprint density at radius 2 is 2.05 bits per heavy atom. The van der Waals surface area contributed by atoms with Gasteiger partial charge in [-0.1, -0.05) is 38.8 Å². The second-order valence-corrected chi connectivity index (χ2v) is 8.04. The highest BCUT2D eigenvalue weighted by Gasteiger charge is 2.23. The highest BCUT2D eigenvalue weighted by Crippen LogP contribution is 2.29. The summed E-state index contributed by atoms with van der Waals surface area (Å²) in [6.07, 6.45) is 7.23. The summed E-state index contributed by atoms with van der Waals surface area (Å²) in [5, 5.41) is 4.83. The standard InChI is InChI=1S/C15H24ClN3S/c1-15(2,3)14-18-12(16)9-13(19-14)17-10-6-5-7-11(8-10)20-4/h9-11H,5-8H2,1-4H3,(H,17,18,19). The van der Waals surface area contributed by atoms with Gasteiger partial charge in [0.2, 0.25) is 0 Å². The van der Waals surface area contributed by atoms with Gasteiger partial charge in [0, 0.05) is 22.8 Å². The molecule has 1 saturated carbocycles. The Balaban J connectivity index is 2.11. The van der Waals surface area contributed by atoms with Crippen molar-refractivity contribution < 1.29 is 0 Å². The zero-order valence-electron chi connectivity index (χ0n) is 12.7. The zero-order chi connectivity index (χ0) is 14.8. The van der Waals surface area contributed by atoms with Crippen molar-refractivity contribution in [3.8, 4) is 0 Å². The minimum atomic E-state index is -0.0876. The predicted octanol–water partition coefficient (Wildman–Crippen LogP) is 4.51. The van der Waals surface area contributed by atoms with Gasteiger partial charge in [-0.15, -0.1) is 0 Å². The van der Waals surface area contributed by atoms with E-state index in [1.165, 1.54) is 25.7 Å². The third-order valence-corrected chi connectivity index (χ3v) is 4.97. The third kappa shape index (κ3) is 4.26. The van der Waals surface area contributed by atoms with Crippen molar-refractivity contribution in [2.75, 3.05) is 11.6 Å². The van der Waals surface area contributed by atoms with Crippen LogP contribution >= 0.6 is 23.4 Å². The maximum atomic E-state index is 6.13. The normalized spacial score (nSPS) is 23.6. The SMILES string of the molecule is CSC1CCCC(Nc2cc(Cl)nc(C(C)(C)C)n2)C1. The van der Waals surface area contributed by atoms with Crippen molar-refractivity contribution in [1.29, 1.82) is 0 Å². The molecular formula is C15H24ClN3S. The molecule has 0 spiro atoms.